The third kappa shape index (κ3) is 3.12. The maximum Gasteiger partial charge on any atom is 0.158 e. The minimum Gasteiger partial charge on any atom is -0.307 e. The van der Waals surface area contributed by atoms with Gasteiger partial charge in [0.25, 0.3) is 0 Å². The minimum absolute atomic E-state index is 0.598. The van der Waals surface area contributed by atoms with Crippen LogP contribution in [0.2, 0.25) is 0 Å². The molecule has 0 spiro atoms. The summed E-state index contributed by atoms with van der Waals surface area (Å²) in [6.45, 7) is 3.09. The van der Waals surface area contributed by atoms with Gasteiger partial charge >= 0.3 is 0 Å². The topological polar surface area (TPSA) is 70.3 Å². The van der Waals surface area contributed by atoms with E-state index in [2.05, 4.69) is 39.3 Å². The largest absolute Gasteiger partial charge is 0.307 e. The van der Waals surface area contributed by atoms with Crippen molar-refractivity contribution in [3.05, 3.63) is 18.1 Å². The lowest BCUT2D eigenvalue weighted by Gasteiger charge is -2.20. The van der Waals surface area contributed by atoms with Crippen molar-refractivity contribution in [3.8, 4) is 0 Å². The molecule has 0 saturated carbocycles. The Kier molecular flexibility index (Phi) is 3.88. The van der Waals surface area contributed by atoms with Crippen LogP contribution in [-0.4, -0.2) is 53.0 Å². The van der Waals surface area contributed by atoms with Crippen LogP contribution in [0.3, 0.4) is 0 Å². The van der Waals surface area contributed by atoms with Crippen LogP contribution in [-0.2, 0) is 6.54 Å². The zero-order valence-electron chi connectivity index (χ0n) is 10.4. The van der Waals surface area contributed by atoms with E-state index in [0.29, 0.717) is 11.9 Å². The number of rotatable bonds is 4. The second-order valence-electron chi connectivity index (χ2n) is 4.68. The summed E-state index contributed by atoms with van der Waals surface area (Å²) in [6.07, 6.45) is 4.66. The highest BCUT2D eigenvalue weighted by molar-refractivity contribution is 5.28. The van der Waals surface area contributed by atoms with E-state index in [9.17, 15) is 0 Å². The van der Waals surface area contributed by atoms with Gasteiger partial charge in [-0.1, -0.05) is 0 Å². The summed E-state index contributed by atoms with van der Waals surface area (Å²) in [5.74, 6) is 5.85. The highest BCUT2D eigenvalue weighted by Gasteiger charge is 2.23. The Bertz CT molecular complexity index is 349. The molecule has 1 aliphatic heterocycles. The number of likely N-dealkylation sites (N-methyl/N-ethyl adjacent to an activating group) is 1. The monoisotopic (exact) mass is 236 g/mol. The number of nitrogens with zero attached hydrogens (tertiary/aromatic N) is 4. The van der Waals surface area contributed by atoms with Crippen molar-refractivity contribution in [1.82, 2.24) is 19.8 Å². The highest BCUT2D eigenvalue weighted by atomic mass is 15.3. The second kappa shape index (κ2) is 5.39. The van der Waals surface area contributed by atoms with Gasteiger partial charge in [0, 0.05) is 25.7 Å². The first-order valence-corrected chi connectivity index (χ1v) is 5.85. The first-order chi connectivity index (χ1) is 8.19. The van der Waals surface area contributed by atoms with Gasteiger partial charge < -0.3 is 10.3 Å². The molecule has 2 heterocycles. The molecule has 0 bridgehead atoms. The van der Waals surface area contributed by atoms with E-state index in [0.717, 1.165) is 25.3 Å². The summed E-state index contributed by atoms with van der Waals surface area (Å²) in [5.41, 5.74) is 3.47. The number of hydrogen-bond acceptors (Lipinski definition) is 6. The number of aromatic nitrogens is 2. The Hall–Kier alpha value is -1.24. The standard InChI is InChI=1S/C11H20N6/c1-16(2)10-3-4-17(8-10)7-9-5-14-11(15-12)6-13-9/h5-6,10H,3-4,7-8,12H2,1-2H3,(H,14,15). The van der Waals surface area contributed by atoms with Crippen LogP contribution in [0.15, 0.2) is 12.4 Å². The van der Waals surface area contributed by atoms with Gasteiger partial charge in [-0.2, -0.15) is 0 Å². The number of nitrogens with two attached hydrogens (primary N) is 1. The third-order valence-corrected chi connectivity index (χ3v) is 3.22. The molecule has 1 aliphatic rings. The van der Waals surface area contributed by atoms with E-state index in [1.165, 1.54) is 6.42 Å². The van der Waals surface area contributed by atoms with E-state index in [1.807, 2.05) is 0 Å². The summed E-state index contributed by atoms with van der Waals surface area (Å²) in [7, 11) is 4.27. The van der Waals surface area contributed by atoms with Crippen LogP contribution in [0.4, 0.5) is 5.82 Å². The molecule has 1 fully saturated rings. The smallest absolute Gasteiger partial charge is 0.158 e. The van der Waals surface area contributed by atoms with E-state index >= 15 is 0 Å². The molecule has 6 nitrogen and oxygen atoms in total. The van der Waals surface area contributed by atoms with Crippen LogP contribution in [0.1, 0.15) is 12.1 Å². The predicted molar refractivity (Wildman–Crippen MR) is 67.2 cm³/mol. The normalized spacial score (nSPS) is 21.1. The van der Waals surface area contributed by atoms with Gasteiger partial charge in [0.2, 0.25) is 0 Å². The van der Waals surface area contributed by atoms with Crippen LogP contribution in [0, 0.1) is 0 Å². The van der Waals surface area contributed by atoms with Gasteiger partial charge in [-0.15, -0.1) is 0 Å². The average molecular weight is 236 g/mol. The van der Waals surface area contributed by atoms with Crippen molar-refractivity contribution in [2.45, 2.75) is 19.0 Å². The number of likely N-dealkylation sites (tertiary alicyclic amines) is 1. The fraction of sp³-hybridized carbons (Fsp3) is 0.636. The molecule has 1 unspecified atom stereocenters. The zero-order valence-corrected chi connectivity index (χ0v) is 10.4. The fourth-order valence-corrected chi connectivity index (χ4v) is 2.12. The molecule has 94 valence electrons. The molecule has 1 atom stereocenters. The van der Waals surface area contributed by atoms with E-state index < -0.39 is 0 Å². The van der Waals surface area contributed by atoms with Crippen molar-refractivity contribution < 1.29 is 0 Å². The van der Waals surface area contributed by atoms with Gasteiger partial charge in [0.15, 0.2) is 5.82 Å². The molecule has 0 amide bonds. The Labute approximate surface area is 102 Å². The van der Waals surface area contributed by atoms with Crippen LogP contribution < -0.4 is 11.3 Å². The molecule has 0 aromatic carbocycles. The van der Waals surface area contributed by atoms with Gasteiger partial charge in [-0.05, 0) is 20.5 Å². The Morgan fingerprint density at radius 3 is 2.82 bits per heavy atom. The lowest BCUT2D eigenvalue weighted by atomic mass is 10.2. The van der Waals surface area contributed by atoms with Crippen molar-refractivity contribution >= 4 is 5.82 Å². The summed E-state index contributed by atoms with van der Waals surface area (Å²) in [6, 6.07) is 0.660. The third-order valence-electron chi connectivity index (χ3n) is 3.22. The number of nitrogens with one attached hydrogen (secondary N) is 1. The quantitative estimate of drug-likeness (QED) is 0.562. The average Bonchev–Trinajstić information content (AvgIpc) is 2.79. The van der Waals surface area contributed by atoms with Crippen molar-refractivity contribution in [3.63, 3.8) is 0 Å². The molecule has 2 rings (SSSR count). The first-order valence-electron chi connectivity index (χ1n) is 5.85. The van der Waals surface area contributed by atoms with Gasteiger partial charge in [-0.3, -0.25) is 9.88 Å². The minimum atomic E-state index is 0.598. The molecule has 6 heteroatoms. The lowest BCUT2D eigenvalue weighted by Crippen LogP contribution is -2.31. The SMILES string of the molecule is CN(C)C1CCN(Cc2cnc(NN)cn2)C1. The maximum atomic E-state index is 5.25. The van der Waals surface area contributed by atoms with Crippen LogP contribution in [0.25, 0.3) is 0 Å². The molecular weight excluding hydrogens is 216 g/mol. The fourth-order valence-electron chi connectivity index (χ4n) is 2.12. The zero-order chi connectivity index (χ0) is 12.3. The molecule has 0 radical (unpaired) electrons. The number of hydrazine groups is 1. The molecule has 1 aromatic rings. The van der Waals surface area contributed by atoms with Crippen molar-refractivity contribution in [2.24, 2.45) is 5.84 Å². The Morgan fingerprint density at radius 2 is 2.29 bits per heavy atom. The van der Waals surface area contributed by atoms with E-state index in [4.69, 9.17) is 5.84 Å². The summed E-state index contributed by atoms with van der Waals surface area (Å²) < 4.78 is 0. The summed E-state index contributed by atoms with van der Waals surface area (Å²) in [5, 5.41) is 0. The molecule has 3 N–H and O–H groups in total. The molecular formula is C11H20N6. The van der Waals surface area contributed by atoms with Gasteiger partial charge in [0.05, 0.1) is 18.1 Å². The summed E-state index contributed by atoms with van der Waals surface area (Å²) >= 11 is 0. The van der Waals surface area contributed by atoms with E-state index in [1.54, 1.807) is 12.4 Å². The van der Waals surface area contributed by atoms with E-state index in [-0.39, 0.29) is 0 Å². The van der Waals surface area contributed by atoms with Crippen molar-refractivity contribution in [2.75, 3.05) is 32.6 Å². The van der Waals surface area contributed by atoms with Crippen LogP contribution in [0.5, 0.6) is 0 Å². The van der Waals surface area contributed by atoms with Gasteiger partial charge in [0.1, 0.15) is 0 Å². The first kappa shape index (κ1) is 12.2. The summed E-state index contributed by atoms with van der Waals surface area (Å²) in [4.78, 5) is 13.2. The van der Waals surface area contributed by atoms with Crippen LogP contribution >= 0.6 is 0 Å². The van der Waals surface area contributed by atoms with Crippen molar-refractivity contribution in [1.29, 1.82) is 0 Å². The maximum absolute atomic E-state index is 5.25. The number of anilines is 1. The predicted octanol–water partition coefficient (Wildman–Crippen LogP) is -0.102. The lowest BCUT2D eigenvalue weighted by molar-refractivity contribution is 0.263. The number of hydrogen-bond donors (Lipinski definition) is 2. The molecule has 17 heavy (non-hydrogen) atoms. The second-order valence-corrected chi connectivity index (χ2v) is 4.68. The molecule has 1 saturated heterocycles. The number of nitrogen functional groups attached to an aromatic ring is 1. The molecule has 0 aliphatic carbocycles. The molecule has 1 aromatic heterocycles. The Balaban J connectivity index is 1.89. The highest BCUT2D eigenvalue weighted by Crippen LogP contribution is 2.15. The van der Waals surface area contributed by atoms with Gasteiger partial charge in [-0.25, -0.2) is 10.8 Å². The Morgan fingerprint density at radius 1 is 1.47 bits per heavy atom.